The van der Waals surface area contributed by atoms with Gasteiger partial charge in [0, 0.05) is 40.4 Å². The van der Waals surface area contributed by atoms with E-state index in [0.29, 0.717) is 16.1 Å². The van der Waals surface area contributed by atoms with E-state index in [1.165, 1.54) is 24.5 Å². The summed E-state index contributed by atoms with van der Waals surface area (Å²) in [6.07, 6.45) is -1.97. The maximum Gasteiger partial charge on any atom is 0.432 e. The zero-order valence-electron chi connectivity index (χ0n) is 17.6. The first-order valence-electron chi connectivity index (χ1n) is 10.2. The van der Waals surface area contributed by atoms with Crippen LogP contribution in [0.4, 0.5) is 13.2 Å². The number of alkyl halides is 3. The van der Waals surface area contributed by atoms with E-state index < -0.39 is 29.1 Å². The number of phenolic OH excluding ortho intramolecular Hbond substituents is 1. The fourth-order valence-electron chi connectivity index (χ4n) is 3.84. The first-order valence-corrected chi connectivity index (χ1v) is 10.6. The molecule has 1 N–H and O–H groups in total. The summed E-state index contributed by atoms with van der Waals surface area (Å²) in [5, 5.41) is 14.1. The molecule has 0 spiro atoms. The summed E-state index contributed by atoms with van der Waals surface area (Å²) in [7, 11) is 0. The number of carbonyl (C=O) groups is 1. The number of aromatic hydroxyl groups is 1. The second kappa shape index (κ2) is 8.55. The highest BCUT2D eigenvalue weighted by Crippen LogP contribution is 2.40. The van der Waals surface area contributed by atoms with Gasteiger partial charge in [0.2, 0.25) is 5.82 Å². The minimum atomic E-state index is -4.92. The Kier molecular flexibility index (Phi) is 5.52. The van der Waals surface area contributed by atoms with Gasteiger partial charge in [0.05, 0.1) is 5.56 Å². The monoisotopic (exact) mass is 498 g/mol. The number of phenols is 1. The highest BCUT2D eigenvalue weighted by atomic mass is 35.5. The second-order valence-corrected chi connectivity index (χ2v) is 8.07. The van der Waals surface area contributed by atoms with Crippen molar-refractivity contribution in [2.45, 2.75) is 12.7 Å². The van der Waals surface area contributed by atoms with Crippen molar-refractivity contribution in [1.29, 1.82) is 0 Å². The summed E-state index contributed by atoms with van der Waals surface area (Å²) in [6.45, 7) is -0.203. The summed E-state index contributed by atoms with van der Waals surface area (Å²) < 4.78 is 49.3. The smallest absolute Gasteiger partial charge is 0.432 e. The molecule has 0 bridgehead atoms. The predicted molar refractivity (Wildman–Crippen MR) is 120 cm³/mol. The van der Waals surface area contributed by atoms with Gasteiger partial charge in [-0.2, -0.15) is 18.2 Å². The van der Waals surface area contributed by atoms with Crippen LogP contribution in [0.15, 0.2) is 71.5 Å². The van der Waals surface area contributed by atoms with E-state index in [2.05, 4.69) is 15.1 Å². The minimum absolute atomic E-state index is 0.00255. The van der Waals surface area contributed by atoms with Crippen molar-refractivity contribution in [3.63, 3.8) is 0 Å². The maximum absolute atomic E-state index is 14.4. The third-order valence-corrected chi connectivity index (χ3v) is 5.59. The number of ketones is 1. The maximum atomic E-state index is 14.4. The number of hydrogen-bond donors (Lipinski definition) is 1. The van der Waals surface area contributed by atoms with Gasteiger partial charge in [-0.25, -0.2) is 0 Å². The van der Waals surface area contributed by atoms with Crippen molar-refractivity contribution in [2.24, 2.45) is 0 Å². The van der Waals surface area contributed by atoms with Crippen molar-refractivity contribution >= 4 is 28.3 Å². The Morgan fingerprint density at radius 3 is 2.57 bits per heavy atom. The SMILES string of the molecule is O=C(c1nc(-c2cccnc2)no1)c1c(C(F)(F)F)n(Cc2ccc(Cl)cc2)c2ccc(O)cc12. The zero-order valence-corrected chi connectivity index (χ0v) is 18.4. The quantitative estimate of drug-likeness (QED) is 0.310. The summed E-state index contributed by atoms with van der Waals surface area (Å²) >= 11 is 5.90. The summed E-state index contributed by atoms with van der Waals surface area (Å²) in [4.78, 5) is 21.3. The predicted octanol–water partition coefficient (Wildman–Crippen LogP) is 5.74. The van der Waals surface area contributed by atoms with E-state index >= 15 is 0 Å². The van der Waals surface area contributed by atoms with E-state index in [4.69, 9.17) is 16.1 Å². The largest absolute Gasteiger partial charge is 0.508 e. The summed E-state index contributed by atoms with van der Waals surface area (Å²) in [5.41, 5.74) is -0.840. The molecule has 3 heterocycles. The zero-order chi connectivity index (χ0) is 24.7. The van der Waals surface area contributed by atoms with Crippen molar-refractivity contribution < 1.29 is 27.6 Å². The molecule has 3 aromatic heterocycles. The number of nitrogens with zero attached hydrogens (tertiary/aromatic N) is 4. The molecule has 0 saturated carbocycles. The van der Waals surface area contributed by atoms with Gasteiger partial charge in [0.25, 0.3) is 11.7 Å². The lowest BCUT2D eigenvalue weighted by Gasteiger charge is -2.14. The minimum Gasteiger partial charge on any atom is -0.508 e. The van der Waals surface area contributed by atoms with Crippen molar-refractivity contribution in [3.8, 4) is 17.1 Å². The van der Waals surface area contributed by atoms with Gasteiger partial charge in [-0.3, -0.25) is 9.78 Å². The normalized spacial score (nSPS) is 11.8. The molecule has 2 aromatic carbocycles. The van der Waals surface area contributed by atoms with Crippen molar-refractivity contribution in [3.05, 3.63) is 94.7 Å². The van der Waals surface area contributed by atoms with Crippen LogP contribution in [0.5, 0.6) is 5.75 Å². The summed E-state index contributed by atoms with van der Waals surface area (Å²) in [5.74, 6) is -2.04. The highest BCUT2D eigenvalue weighted by molar-refractivity contribution is 6.30. The fraction of sp³-hybridized carbons (Fsp3) is 0.0833. The van der Waals surface area contributed by atoms with Crippen LogP contribution >= 0.6 is 11.6 Å². The number of aromatic nitrogens is 4. The van der Waals surface area contributed by atoms with E-state index in [1.807, 2.05) is 0 Å². The fourth-order valence-corrected chi connectivity index (χ4v) is 3.96. The Morgan fingerprint density at radius 1 is 1.11 bits per heavy atom. The number of rotatable bonds is 5. The third-order valence-electron chi connectivity index (χ3n) is 5.34. The molecule has 0 aliphatic carbocycles. The van der Waals surface area contributed by atoms with E-state index in [1.54, 1.807) is 36.4 Å². The molecule has 0 radical (unpaired) electrons. The molecule has 0 aliphatic rings. The van der Waals surface area contributed by atoms with Crippen LogP contribution in [0.25, 0.3) is 22.3 Å². The molecule has 5 rings (SSSR count). The lowest BCUT2D eigenvalue weighted by Crippen LogP contribution is -2.18. The molecule has 35 heavy (non-hydrogen) atoms. The second-order valence-electron chi connectivity index (χ2n) is 7.63. The Labute approximate surface area is 200 Å². The third kappa shape index (κ3) is 4.24. The number of carbonyl (C=O) groups excluding carboxylic acids is 1. The van der Waals surface area contributed by atoms with Crippen LogP contribution in [0.3, 0.4) is 0 Å². The molecule has 7 nitrogen and oxygen atoms in total. The van der Waals surface area contributed by atoms with Gasteiger partial charge < -0.3 is 14.2 Å². The molecule has 176 valence electrons. The number of halogens is 4. The first kappa shape index (κ1) is 22.6. The Balaban J connectivity index is 1.70. The number of benzene rings is 2. The number of fused-ring (bicyclic) bond motifs is 1. The van der Waals surface area contributed by atoms with E-state index in [9.17, 15) is 23.1 Å². The Bertz CT molecular complexity index is 1540. The molecule has 11 heteroatoms. The van der Waals surface area contributed by atoms with Crippen molar-refractivity contribution in [1.82, 2.24) is 19.7 Å². The van der Waals surface area contributed by atoms with Crippen LogP contribution < -0.4 is 0 Å². The lowest BCUT2D eigenvalue weighted by molar-refractivity contribution is -0.143. The van der Waals surface area contributed by atoms with Crippen LogP contribution in [-0.2, 0) is 12.7 Å². The molecule has 0 unspecified atom stereocenters. The van der Waals surface area contributed by atoms with Gasteiger partial charge in [-0.05, 0) is 48.0 Å². The van der Waals surface area contributed by atoms with Gasteiger partial charge in [-0.1, -0.05) is 28.9 Å². The molecular weight excluding hydrogens is 485 g/mol. The topological polar surface area (TPSA) is 94.0 Å². The van der Waals surface area contributed by atoms with Gasteiger partial charge in [0.15, 0.2) is 0 Å². The standard InChI is InChI=1S/C24H14ClF3N4O3/c25-15-5-3-13(4-6-15)12-32-18-8-7-16(33)10-17(18)19(21(32)24(26,27)28)20(34)23-30-22(31-35-23)14-2-1-9-29-11-14/h1-11,33H,12H2. The molecule has 0 amide bonds. The molecule has 0 aliphatic heterocycles. The molecule has 0 saturated heterocycles. The average Bonchev–Trinajstić information content (AvgIpc) is 3.44. The first-order chi connectivity index (χ1) is 16.7. The lowest BCUT2D eigenvalue weighted by atomic mass is 10.1. The number of hydrogen-bond acceptors (Lipinski definition) is 6. The van der Waals surface area contributed by atoms with Gasteiger partial charge in [0.1, 0.15) is 11.4 Å². The van der Waals surface area contributed by atoms with E-state index in [0.717, 1.165) is 10.6 Å². The van der Waals surface area contributed by atoms with Gasteiger partial charge >= 0.3 is 6.18 Å². The molecular formula is C24H14ClF3N4O3. The Morgan fingerprint density at radius 2 is 1.89 bits per heavy atom. The average molecular weight is 499 g/mol. The summed E-state index contributed by atoms with van der Waals surface area (Å²) in [6, 6.07) is 13.2. The van der Waals surface area contributed by atoms with Gasteiger partial charge in [-0.15, -0.1) is 0 Å². The van der Waals surface area contributed by atoms with E-state index in [-0.39, 0.29) is 29.0 Å². The van der Waals surface area contributed by atoms with Crippen LogP contribution in [0.1, 0.15) is 27.5 Å². The molecule has 5 aromatic rings. The molecule has 0 atom stereocenters. The van der Waals surface area contributed by atoms with Crippen LogP contribution in [0.2, 0.25) is 5.02 Å². The highest BCUT2D eigenvalue weighted by Gasteiger charge is 2.42. The Hall–Kier alpha value is -4.18. The number of pyridine rings is 1. The van der Waals surface area contributed by atoms with Crippen molar-refractivity contribution in [2.75, 3.05) is 0 Å². The molecule has 0 fully saturated rings. The van der Waals surface area contributed by atoms with Crippen LogP contribution in [-0.4, -0.2) is 30.6 Å². The van der Waals surface area contributed by atoms with Crippen LogP contribution in [0, 0.1) is 0 Å².